The molecule has 1 heterocycles. The van der Waals surface area contributed by atoms with Crippen LogP contribution in [0.1, 0.15) is 5.69 Å². The summed E-state index contributed by atoms with van der Waals surface area (Å²) in [5.74, 6) is -0.214. The lowest BCUT2D eigenvalue weighted by Crippen LogP contribution is -1.76. The Hall–Kier alpha value is -0.940. The standard InChI is InChI=1S/C9H7FN2S2/c1-6-9(14-12-11-6)13-8-4-2-7(10)3-5-8/h2-5H,1H3. The van der Waals surface area contributed by atoms with Crippen LogP contribution in [-0.4, -0.2) is 9.59 Å². The molecule has 2 aromatic rings. The number of halogens is 1. The van der Waals surface area contributed by atoms with Crippen LogP contribution in [0.2, 0.25) is 0 Å². The lowest BCUT2D eigenvalue weighted by molar-refractivity contribution is 0.626. The fourth-order valence-corrected chi connectivity index (χ4v) is 2.55. The van der Waals surface area contributed by atoms with Crippen LogP contribution in [-0.2, 0) is 0 Å². The molecular formula is C9H7FN2S2. The Balaban J connectivity index is 2.19. The highest BCUT2D eigenvalue weighted by Gasteiger charge is 2.04. The number of aromatic nitrogens is 2. The van der Waals surface area contributed by atoms with Gasteiger partial charge in [0.1, 0.15) is 10.0 Å². The van der Waals surface area contributed by atoms with Gasteiger partial charge in [0.05, 0.1) is 5.69 Å². The summed E-state index contributed by atoms with van der Waals surface area (Å²) in [7, 11) is 0. The molecule has 0 unspecified atom stereocenters. The van der Waals surface area contributed by atoms with Gasteiger partial charge < -0.3 is 0 Å². The van der Waals surface area contributed by atoms with Crippen molar-refractivity contribution in [2.45, 2.75) is 16.0 Å². The average molecular weight is 226 g/mol. The van der Waals surface area contributed by atoms with E-state index >= 15 is 0 Å². The third-order valence-electron chi connectivity index (χ3n) is 1.63. The van der Waals surface area contributed by atoms with Gasteiger partial charge >= 0.3 is 0 Å². The summed E-state index contributed by atoms with van der Waals surface area (Å²) in [6.45, 7) is 1.91. The molecule has 2 rings (SSSR count). The maximum atomic E-state index is 12.6. The van der Waals surface area contributed by atoms with Crippen molar-refractivity contribution >= 4 is 23.3 Å². The molecule has 0 spiro atoms. The van der Waals surface area contributed by atoms with Gasteiger partial charge in [-0.1, -0.05) is 16.3 Å². The van der Waals surface area contributed by atoms with Crippen molar-refractivity contribution in [2.24, 2.45) is 0 Å². The Morgan fingerprint density at radius 1 is 1.29 bits per heavy atom. The number of rotatable bonds is 2. The highest BCUT2D eigenvalue weighted by molar-refractivity contribution is 8.01. The molecule has 0 fully saturated rings. The number of aryl methyl sites for hydroxylation is 1. The fraction of sp³-hybridized carbons (Fsp3) is 0.111. The van der Waals surface area contributed by atoms with Crippen molar-refractivity contribution in [3.63, 3.8) is 0 Å². The quantitative estimate of drug-likeness (QED) is 0.786. The molecule has 0 N–H and O–H groups in total. The van der Waals surface area contributed by atoms with Gasteiger partial charge in [0.15, 0.2) is 0 Å². The van der Waals surface area contributed by atoms with Gasteiger partial charge in [0, 0.05) is 4.90 Å². The lowest BCUT2D eigenvalue weighted by atomic mass is 10.4. The van der Waals surface area contributed by atoms with Crippen molar-refractivity contribution in [1.82, 2.24) is 9.59 Å². The molecular weight excluding hydrogens is 219 g/mol. The molecule has 0 saturated heterocycles. The number of hydrogen-bond acceptors (Lipinski definition) is 4. The molecule has 2 nitrogen and oxygen atoms in total. The minimum absolute atomic E-state index is 0.214. The second kappa shape index (κ2) is 4.06. The zero-order chi connectivity index (χ0) is 9.97. The number of nitrogens with zero attached hydrogens (tertiary/aromatic N) is 2. The van der Waals surface area contributed by atoms with Gasteiger partial charge in [-0.15, -0.1) is 5.10 Å². The molecule has 0 aliphatic carbocycles. The van der Waals surface area contributed by atoms with E-state index < -0.39 is 0 Å². The minimum Gasteiger partial charge on any atom is -0.207 e. The van der Waals surface area contributed by atoms with Crippen LogP contribution in [0, 0.1) is 12.7 Å². The molecule has 5 heteroatoms. The van der Waals surface area contributed by atoms with Crippen molar-refractivity contribution in [1.29, 1.82) is 0 Å². The largest absolute Gasteiger partial charge is 0.207 e. The molecule has 0 amide bonds. The normalized spacial score (nSPS) is 10.4. The Morgan fingerprint density at radius 3 is 2.57 bits per heavy atom. The van der Waals surface area contributed by atoms with Crippen LogP contribution >= 0.6 is 23.3 Å². The third-order valence-corrected chi connectivity index (χ3v) is 3.72. The first-order valence-electron chi connectivity index (χ1n) is 3.98. The highest BCUT2D eigenvalue weighted by Crippen LogP contribution is 2.31. The monoisotopic (exact) mass is 226 g/mol. The van der Waals surface area contributed by atoms with E-state index in [1.165, 1.54) is 23.7 Å². The van der Waals surface area contributed by atoms with E-state index in [9.17, 15) is 4.39 Å². The van der Waals surface area contributed by atoms with Crippen LogP contribution in [0.15, 0.2) is 33.4 Å². The van der Waals surface area contributed by atoms with E-state index in [1.807, 2.05) is 6.92 Å². The Morgan fingerprint density at radius 2 is 2.00 bits per heavy atom. The second-order valence-corrected chi connectivity index (χ2v) is 4.80. The predicted molar refractivity (Wildman–Crippen MR) is 55.2 cm³/mol. The van der Waals surface area contributed by atoms with Gasteiger partial charge in [-0.2, -0.15) is 0 Å². The van der Waals surface area contributed by atoms with E-state index in [4.69, 9.17) is 0 Å². The van der Waals surface area contributed by atoms with Gasteiger partial charge in [0.2, 0.25) is 0 Å². The maximum absolute atomic E-state index is 12.6. The van der Waals surface area contributed by atoms with Gasteiger partial charge in [-0.25, -0.2) is 4.39 Å². The molecule has 0 saturated carbocycles. The first kappa shape index (κ1) is 9.61. The van der Waals surface area contributed by atoms with E-state index in [0.29, 0.717) is 0 Å². The van der Waals surface area contributed by atoms with Crippen LogP contribution < -0.4 is 0 Å². The molecule has 0 bridgehead atoms. The molecule has 0 radical (unpaired) electrons. The van der Waals surface area contributed by atoms with E-state index in [0.717, 1.165) is 14.8 Å². The molecule has 0 aliphatic heterocycles. The van der Waals surface area contributed by atoms with Gasteiger partial charge in [0.25, 0.3) is 0 Å². The zero-order valence-corrected chi connectivity index (χ0v) is 9.03. The SMILES string of the molecule is Cc1nnsc1Sc1ccc(F)cc1. The van der Waals surface area contributed by atoms with Gasteiger partial charge in [-0.3, -0.25) is 0 Å². The maximum Gasteiger partial charge on any atom is 0.123 e. The van der Waals surface area contributed by atoms with Crippen molar-refractivity contribution in [3.8, 4) is 0 Å². The third kappa shape index (κ3) is 2.10. The minimum atomic E-state index is -0.214. The van der Waals surface area contributed by atoms with Crippen molar-refractivity contribution in [2.75, 3.05) is 0 Å². The van der Waals surface area contributed by atoms with Crippen molar-refractivity contribution < 1.29 is 4.39 Å². The zero-order valence-electron chi connectivity index (χ0n) is 7.40. The summed E-state index contributed by atoms with van der Waals surface area (Å²) < 4.78 is 17.5. The Kier molecular flexibility index (Phi) is 2.79. The van der Waals surface area contributed by atoms with Crippen LogP contribution in [0.25, 0.3) is 0 Å². The molecule has 0 aliphatic rings. The van der Waals surface area contributed by atoms with Crippen molar-refractivity contribution in [3.05, 3.63) is 35.8 Å². The fourth-order valence-electron chi connectivity index (χ4n) is 0.928. The first-order chi connectivity index (χ1) is 6.75. The second-order valence-electron chi connectivity index (χ2n) is 2.70. The molecule has 72 valence electrons. The Bertz CT molecular complexity index is 425. The summed E-state index contributed by atoms with van der Waals surface area (Å²) in [4.78, 5) is 1.00. The average Bonchev–Trinajstić information content (AvgIpc) is 2.56. The molecule has 1 aromatic carbocycles. The predicted octanol–water partition coefficient (Wildman–Crippen LogP) is 3.14. The van der Waals surface area contributed by atoms with E-state index in [1.54, 1.807) is 23.9 Å². The molecule has 14 heavy (non-hydrogen) atoms. The summed E-state index contributed by atoms with van der Waals surface area (Å²) in [5.41, 5.74) is 0.921. The van der Waals surface area contributed by atoms with Crippen LogP contribution in [0.3, 0.4) is 0 Å². The van der Waals surface area contributed by atoms with Crippen LogP contribution in [0.5, 0.6) is 0 Å². The van der Waals surface area contributed by atoms with Crippen LogP contribution in [0.4, 0.5) is 4.39 Å². The first-order valence-corrected chi connectivity index (χ1v) is 5.57. The summed E-state index contributed by atoms with van der Waals surface area (Å²) in [6, 6.07) is 6.40. The number of benzene rings is 1. The van der Waals surface area contributed by atoms with Gasteiger partial charge in [-0.05, 0) is 42.7 Å². The lowest BCUT2D eigenvalue weighted by Gasteiger charge is -1.97. The summed E-state index contributed by atoms with van der Waals surface area (Å²) in [5, 5.41) is 3.90. The topological polar surface area (TPSA) is 25.8 Å². The van der Waals surface area contributed by atoms with E-state index in [-0.39, 0.29) is 5.82 Å². The smallest absolute Gasteiger partial charge is 0.123 e. The number of hydrogen-bond donors (Lipinski definition) is 0. The Labute approximate surface area is 89.3 Å². The van der Waals surface area contributed by atoms with E-state index in [2.05, 4.69) is 9.59 Å². The molecule has 1 aromatic heterocycles. The summed E-state index contributed by atoms with van der Waals surface area (Å²) >= 11 is 2.91. The molecule has 0 atom stereocenters. The summed E-state index contributed by atoms with van der Waals surface area (Å²) in [6.07, 6.45) is 0. The highest BCUT2D eigenvalue weighted by atomic mass is 32.2.